The molecule has 7 heteroatoms. The molecule has 5 nitrogen and oxygen atoms in total. The van der Waals surface area contributed by atoms with E-state index in [1.165, 1.54) is 31.5 Å². The molecule has 2 aromatic rings. The minimum absolute atomic E-state index is 0.192. The van der Waals surface area contributed by atoms with Crippen LogP contribution in [0.3, 0.4) is 0 Å². The van der Waals surface area contributed by atoms with Gasteiger partial charge >= 0.3 is 5.97 Å². The molecule has 104 valence electrons. The monoisotopic (exact) mass is 339 g/mol. The summed E-state index contributed by atoms with van der Waals surface area (Å²) in [5.74, 6) is -0.600. The fraction of sp³-hybridized carbons (Fsp3) is 0.0769. The Morgan fingerprint density at radius 3 is 2.90 bits per heavy atom. The molecule has 0 unspecified atom stereocenters. The number of carbonyl (C=O) groups is 1. The number of rotatable bonds is 3. The van der Waals surface area contributed by atoms with Crippen LogP contribution in [0.1, 0.15) is 10.4 Å². The molecular formula is C13H11BrFN3O2. The molecule has 0 radical (unpaired) electrons. The topological polar surface area (TPSA) is 77.2 Å². The molecule has 0 aliphatic carbocycles. The van der Waals surface area contributed by atoms with E-state index >= 15 is 0 Å². The summed E-state index contributed by atoms with van der Waals surface area (Å²) in [7, 11) is 1.26. The Hall–Kier alpha value is -2.15. The maximum atomic E-state index is 13.2. The van der Waals surface area contributed by atoms with Crippen LogP contribution in [0.25, 0.3) is 0 Å². The lowest BCUT2D eigenvalue weighted by Crippen LogP contribution is -2.07. The number of aromatic nitrogens is 1. The van der Waals surface area contributed by atoms with Gasteiger partial charge in [-0.25, -0.2) is 14.2 Å². The Morgan fingerprint density at radius 1 is 1.45 bits per heavy atom. The van der Waals surface area contributed by atoms with Crippen LogP contribution in [-0.2, 0) is 4.74 Å². The molecule has 2 rings (SSSR count). The van der Waals surface area contributed by atoms with Gasteiger partial charge in [0.15, 0.2) is 0 Å². The predicted molar refractivity (Wildman–Crippen MR) is 77.4 cm³/mol. The van der Waals surface area contributed by atoms with Gasteiger partial charge in [-0.05, 0) is 40.2 Å². The molecule has 0 fully saturated rings. The lowest BCUT2D eigenvalue weighted by atomic mass is 10.2. The Bertz CT molecular complexity index is 664. The molecule has 0 saturated carbocycles. The largest absolute Gasteiger partial charge is 0.465 e. The SMILES string of the molecule is COC(=O)c1cc(Nc2cc(F)ccc2Br)ncc1N. The van der Waals surface area contributed by atoms with Gasteiger partial charge in [-0.2, -0.15) is 0 Å². The minimum Gasteiger partial charge on any atom is -0.465 e. The fourth-order valence-corrected chi connectivity index (χ4v) is 1.90. The van der Waals surface area contributed by atoms with Crippen molar-refractivity contribution < 1.29 is 13.9 Å². The zero-order valence-electron chi connectivity index (χ0n) is 10.5. The molecule has 1 heterocycles. The number of halogens is 2. The van der Waals surface area contributed by atoms with Crippen LogP contribution in [0, 0.1) is 5.82 Å². The Balaban J connectivity index is 2.34. The van der Waals surface area contributed by atoms with E-state index in [4.69, 9.17) is 5.73 Å². The molecule has 0 bridgehead atoms. The first kappa shape index (κ1) is 14.3. The maximum absolute atomic E-state index is 13.2. The molecule has 0 amide bonds. The van der Waals surface area contributed by atoms with Crippen LogP contribution in [0.15, 0.2) is 34.9 Å². The van der Waals surface area contributed by atoms with Crippen LogP contribution < -0.4 is 11.1 Å². The molecule has 20 heavy (non-hydrogen) atoms. The molecule has 3 N–H and O–H groups in total. The number of anilines is 3. The predicted octanol–water partition coefficient (Wildman–Crippen LogP) is 3.10. The first-order valence-electron chi connectivity index (χ1n) is 5.57. The summed E-state index contributed by atoms with van der Waals surface area (Å²) in [5, 5.41) is 2.90. The second kappa shape index (κ2) is 5.87. The van der Waals surface area contributed by atoms with Gasteiger partial charge < -0.3 is 15.8 Å². The minimum atomic E-state index is -0.564. The van der Waals surface area contributed by atoms with Crippen molar-refractivity contribution in [3.8, 4) is 0 Å². The number of ether oxygens (including phenoxy) is 1. The van der Waals surface area contributed by atoms with Crippen molar-refractivity contribution in [2.24, 2.45) is 0 Å². The average molecular weight is 340 g/mol. The fourth-order valence-electron chi connectivity index (χ4n) is 1.55. The standard InChI is InChI=1S/C13H11BrFN3O2/c1-20-13(19)8-5-12(17-6-10(8)16)18-11-4-7(15)2-3-9(11)14/h2-6H,16H2,1H3,(H,17,18). The highest BCUT2D eigenvalue weighted by atomic mass is 79.9. The highest BCUT2D eigenvalue weighted by Gasteiger charge is 2.12. The van der Waals surface area contributed by atoms with Gasteiger partial charge in [-0.3, -0.25) is 0 Å². The van der Waals surface area contributed by atoms with E-state index in [1.54, 1.807) is 6.07 Å². The van der Waals surface area contributed by atoms with Crippen LogP contribution in [0.2, 0.25) is 0 Å². The Morgan fingerprint density at radius 2 is 2.20 bits per heavy atom. The third-order valence-electron chi connectivity index (χ3n) is 2.53. The van der Waals surface area contributed by atoms with E-state index < -0.39 is 5.97 Å². The zero-order chi connectivity index (χ0) is 14.7. The van der Waals surface area contributed by atoms with Gasteiger partial charge in [0.05, 0.1) is 30.2 Å². The number of carbonyl (C=O) groups excluding carboxylic acids is 1. The second-order valence-electron chi connectivity index (χ2n) is 3.90. The summed E-state index contributed by atoms with van der Waals surface area (Å²) in [4.78, 5) is 15.6. The second-order valence-corrected chi connectivity index (χ2v) is 4.75. The summed E-state index contributed by atoms with van der Waals surface area (Å²) in [5.41, 5.74) is 6.54. The first-order chi connectivity index (χ1) is 9.51. The number of hydrogen-bond donors (Lipinski definition) is 2. The molecule has 1 aromatic carbocycles. The van der Waals surface area contributed by atoms with Gasteiger partial charge in [0.25, 0.3) is 0 Å². The number of nitrogen functional groups attached to an aromatic ring is 1. The number of methoxy groups -OCH3 is 1. The third kappa shape index (κ3) is 3.05. The average Bonchev–Trinajstić information content (AvgIpc) is 2.44. The summed E-state index contributed by atoms with van der Waals surface area (Å²) in [6.07, 6.45) is 1.34. The molecular weight excluding hydrogens is 329 g/mol. The Kier molecular flexibility index (Phi) is 4.19. The van der Waals surface area contributed by atoms with E-state index in [0.717, 1.165) is 0 Å². The molecule has 0 spiro atoms. The number of nitrogens with two attached hydrogens (primary N) is 1. The van der Waals surface area contributed by atoms with Crippen LogP contribution in [0.5, 0.6) is 0 Å². The summed E-state index contributed by atoms with van der Waals surface area (Å²) in [6, 6.07) is 5.64. The van der Waals surface area contributed by atoms with Crippen LogP contribution >= 0.6 is 15.9 Å². The van der Waals surface area contributed by atoms with E-state index in [9.17, 15) is 9.18 Å². The number of benzene rings is 1. The van der Waals surface area contributed by atoms with Gasteiger partial charge in [0.2, 0.25) is 0 Å². The van der Waals surface area contributed by atoms with Crippen molar-refractivity contribution in [2.75, 3.05) is 18.2 Å². The number of nitrogens with zero attached hydrogens (tertiary/aromatic N) is 1. The Labute approximate surface area is 123 Å². The zero-order valence-corrected chi connectivity index (χ0v) is 12.1. The van der Waals surface area contributed by atoms with Crippen molar-refractivity contribution in [1.82, 2.24) is 4.98 Å². The molecule has 1 aromatic heterocycles. The molecule has 0 atom stereocenters. The third-order valence-corrected chi connectivity index (χ3v) is 3.22. The van der Waals surface area contributed by atoms with E-state index in [-0.39, 0.29) is 17.1 Å². The van der Waals surface area contributed by atoms with Crippen molar-refractivity contribution in [1.29, 1.82) is 0 Å². The first-order valence-corrected chi connectivity index (χ1v) is 6.36. The van der Waals surface area contributed by atoms with E-state index in [1.807, 2.05) is 0 Å². The van der Waals surface area contributed by atoms with Gasteiger partial charge in [-0.15, -0.1) is 0 Å². The number of esters is 1. The van der Waals surface area contributed by atoms with Gasteiger partial charge in [0, 0.05) is 4.47 Å². The maximum Gasteiger partial charge on any atom is 0.340 e. The summed E-state index contributed by atoms with van der Waals surface area (Å²) in [6.45, 7) is 0. The van der Waals surface area contributed by atoms with Gasteiger partial charge in [0.1, 0.15) is 11.6 Å². The van der Waals surface area contributed by atoms with Crippen molar-refractivity contribution in [3.63, 3.8) is 0 Å². The van der Waals surface area contributed by atoms with Crippen LogP contribution in [-0.4, -0.2) is 18.1 Å². The van der Waals surface area contributed by atoms with Crippen molar-refractivity contribution in [3.05, 3.63) is 46.3 Å². The van der Waals surface area contributed by atoms with E-state index in [0.29, 0.717) is 16.0 Å². The van der Waals surface area contributed by atoms with E-state index in [2.05, 4.69) is 31.0 Å². The van der Waals surface area contributed by atoms with Gasteiger partial charge in [-0.1, -0.05) is 0 Å². The molecule has 0 aliphatic heterocycles. The normalized spacial score (nSPS) is 10.2. The van der Waals surface area contributed by atoms with Crippen LogP contribution in [0.4, 0.5) is 21.6 Å². The quantitative estimate of drug-likeness (QED) is 0.840. The summed E-state index contributed by atoms with van der Waals surface area (Å²) < 4.78 is 18.5. The smallest absolute Gasteiger partial charge is 0.340 e. The molecule has 0 aliphatic rings. The lowest BCUT2D eigenvalue weighted by molar-refractivity contribution is 0.0602. The lowest BCUT2D eigenvalue weighted by Gasteiger charge is -2.10. The number of nitrogens with one attached hydrogen (secondary N) is 1. The van der Waals surface area contributed by atoms with Crippen molar-refractivity contribution in [2.45, 2.75) is 0 Å². The number of pyridine rings is 1. The summed E-state index contributed by atoms with van der Waals surface area (Å²) >= 11 is 3.29. The highest BCUT2D eigenvalue weighted by Crippen LogP contribution is 2.27. The highest BCUT2D eigenvalue weighted by molar-refractivity contribution is 9.10. The van der Waals surface area contributed by atoms with Crippen molar-refractivity contribution >= 4 is 39.1 Å². The number of hydrogen-bond acceptors (Lipinski definition) is 5. The molecule has 0 saturated heterocycles.